The van der Waals surface area contributed by atoms with Gasteiger partial charge in [-0.15, -0.1) is 0 Å². The summed E-state index contributed by atoms with van der Waals surface area (Å²) in [6, 6.07) is 16.9. The van der Waals surface area contributed by atoms with Crippen LogP contribution < -0.4 is 14.2 Å². The van der Waals surface area contributed by atoms with Crippen LogP contribution in [0.3, 0.4) is 0 Å². The van der Waals surface area contributed by atoms with Gasteiger partial charge in [0.25, 0.3) is 11.1 Å². The van der Waals surface area contributed by atoms with Gasteiger partial charge in [0, 0.05) is 5.69 Å². The SMILES string of the molecule is COc1cc(/C=C2\SC(=O)N(CC(=O)Nc3ccc(F)cc3)C2=O)ccc1OS(=O)(=O)c1ccccc1. The lowest BCUT2D eigenvalue weighted by molar-refractivity contribution is -0.127. The summed E-state index contributed by atoms with van der Waals surface area (Å²) >= 11 is 0.653. The monoisotopic (exact) mass is 542 g/mol. The molecule has 9 nitrogen and oxygen atoms in total. The summed E-state index contributed by atoms with van der Waals surface area (Å²) in [6.45, 7) is -0.521. The summed E-state index contributed by atoms with van der Waals surface area (Å²) in [5, 5.41) is 1.86. The maximum Gasteiger partial charge on any atom is 0.339 e. The Balaban J connectivity index is 1.48. The van der Waals surface area contributed by atoms with Crippen LogP contribution in [-0.2, 0) is 19.7 Å². The van der Waals surface area contributed by atoms with Crippen LogP contribution in [0.4, 0.5) is 14.9 Å². The first kappa shape index (κ1) is 25.9. The van der Waals surface area contributed by atoms with Crippen LogP contribution >= 0.6 is 11.8 Å². The number of thioether (sulfide) groups is 1. The Morgan fingerprint density at radius 3 is 2.41 bits per heavy atom. The number of carbonyl (C=O) groups is 3. The fraction of sp³-hybridized carbons (Fsp3) is 0.0800. The molecule has 1 saturated heterocycles. The van der Waals surface area contributed by atoms with Gasteiger partial charge in [0.1, 0.15) is 17.3 Å². The van der Waals surface area contributed by atoms with E-state index < -0.39 is 39.5 Å². The second-order valence-electron chi connectivity index (χ2n) is 7.58. The Labute approximate surface area is 216 Å². The summed E-state index contributed by atoms with van der Waals surface area (Å²) < 4.78 is 48.6. The highest BCUT2D eigenvalue weighted by molar-refractivity contribution is 8.18. The van der Waals surface area contributed by atoms with Crippen LogP contribution in [0, 0.1) is 5.82 Å². The third-order valence-corrected chi connectivity index (χ3v) is 7.18. The van der Waals surface area contributed by atoms with E-state index in [9.17, 15) is 27.2 Å². The molecule has 1 fully saturated rings. The molecule has 0 aromatic heterocycles. The molecule has 0 aliphatic carbocycles. The molecule has 12 heteroatoms. The number of hydrogen-bond donors (Lipinski definition) is 1. The number of rotatable bonds is 8. The molecule has 1 N–H and O–H groups in total. The first-order valence-electron chi connectivity index (χ1n) is 10.6. The largest absolute Gasteiger partial charge is 0.493 e. The Morgan fingerprint density at radius 2 is 1.73 bits per heavy atom. The number of nitrogens with zero attached hydrogens (tertiary/aromatic N) is 1. The third kappa shape index (κ3) is 6.16. The fourth-order valence-electron chi connectivity index (χ4n) is 3.26. The van der Waals surface area contributed by atoms with Crippen LogP contribution in [-0.4, -0.2) is 44.0 Å². The van der Waals surface area contributed by atoms with E-state index in [1.54, 1.807) is 18.2 Å². The van der Waals surface area contributed by atoms with Gasteiger partial charge in [-0.1, -0.05) is 24.3 Å². The Kier molecular flexibility index (Phi) is 7.60. The molecule has 3 aromatic carbocycles. The van der Waals surface area contributed by atoms with Crippen molar-refractivity contribution in [3.8, 4) is 11.5 Å². The highest BCUT2D eigenvalue weighted by Gasteiger charge is 2.36. The predicted octanol–water partition coefficient (Wildman–Crippen LogP) is 4.28. The number of nitrogens with one attached hydrogen (secondary N) is 1. The first-order chi connectivity index (χ1) is 17.7. The Morgan fingerprint density at radius 1 is 1.03 bits per heavy atom. The minimum Gasteiger partial charge on any atom is -0.493 e. The molecular weight excluding hydrogens is 523 g/mol. The molecule has 3 amide bonds. The molecule has 0 atom stereocenters. The van der Waals surface area contributed by atoms with Crippen molar-refractivity contribution in [2.45, 2.75) is 4.90 Å². The standard InChI is InChI=1S/C25H19FN2O7S2/c1-34-21-13-16(7-12-20(21)35-37(32,33)19-5-3-2-4-6-19)14-22-24(30)28(25(31)36-22)15-23(29)27-18-10-8-17(26)9-11-18/h2-14H,15H2,1H3,(H,27,29)/b22-14-. The van der Waals surface area contributed by atoms with Gasteiger partial charge in [-0.25, -0.2) is 4.39 Å². The summed E-state index contributed by atoms with van der Waals surface area (Å²) in [6.07, 6.45) is 1.42. The minimum absolute atomic E-state index is 0.0294. The van der Waals surface area contributed by atoms with Gasteiger partial charge >= 0.3 is 10.1 Å². The van der Waals surface area contributed by atoms with E-state index >= 15 is 0 Å². The molecular formula is C25H19FN2O7S2. The van der Waals surface area contributed by atoms with Crippen LogP contribution in [0.15, 0.2) is 82.6 Å². The van der Waals surface area contributed by atoms with E-state index in [0.717, 1.165) is 4.90 Å². The molecule has 0 radical (unpaired) electrons. The average Bonchev–Trinajstić information content (AvgIpc) is 3.14. The van der Waals surface area contributed by atoms with Gasteiger partial charge in [-0.05, 0) is 71.9 Å². The summed E-state index contributed by atoms with van der Waals surface area (Å²) in [7, 11) is -2.77. The van der Waals surface area contributed by atoms with Crippen LogP contribution in [0.2, 0.25) is 0 Å². The van der Waals surface area contributed by atoms with Crippen molar-refractivity contribution >= 4 is 50.7 Å². The van der Waals surface area contributed by atoms with Gasteiger partial charge in [0.15, 0.2) is 11.5 Å². The van der Waals surface area contributed by atoms with Crippen molar-refractivity contribution in [2.75, 3.05) is 19.0 Å². The number of ether oxygens (including phenoxy) is 1. The lowest BCUT2D eigenvalue weighted by Gasteiger charge is -2.12. The van der Waals surface area contributed by atoms with E-state index in [-0.39, 0.29) is 21.3 Å². The van der Waals surface area contributed by atoms with Crippen LogP contribution in [0.1, 0.15) is 5.56 Å². The van der Waals surface area contributed by atoms with Crippen molar-refractivity contribution < 1.29 is 36.1 Å². The van der Waals surface area contributed by atoms with Crippen LogP contribution in [0.25, 0.3) is 6.08 Å². The maximum absolute atomic E-state index is 13.0. The zero-order valence-corrected chi connectivity index (χ0v) is 20.8. The van der Waals surface area contributed by atoms with Gasteiger partial charge in [0.2, 0.25) is 5.91 Å². The highest BCUT2D eigenvalue weighted by atomic mass is 32.2. The smallest absolute Gasteiger partial charge is 0.339 e. The van der Waals surface area contributed by atoms with Crippen molar-refractivity contribution in [1.29, 1.82) is 0 Å². The summed E-state index contributed by atoms with van der Waals surface area (Å²) in [5.41, 5.74) is 0.750. The van der Waals surface area contributed by atoms with Crippen molar-refractivity contribution in [3.63, 3.8) is 0 Å². The molecule has 3 aromatic rings. The molecule has 0 unspecified atom stereocenters. The molecule has 0 spiro atoms. The summed E-state index contributed by atoms with van der Waals surface area (Å²) in [5.74, 6) is -1.74. The molecule has 1 aliphatic heterocycles. The van der Waals surface area contributed by atoms with E-state index in [4.69, 9.17) is 8.92 Å². The molecule has 0 saturated carbocycles. The molecule has 1 heterocycles. The number of amides is 3. The Hall–Kier alpha value is -4.16. The highest BCUT2D eigenvalue weighted by Crippen LogP contribution is 2.35. The maximum atomic E-state index is 13.0. The van der Waals surface area contributed by atoms with Crippen molar-refractivity contribution in [1.82, 2.24) is 4.90 Å². The van der Waals surface area contributed by atoms with Gasteiger partial charge in [-0.2, -0.15) is 8.42 Å². The zero-order chi connectivity index (χ0) is 26.6. The molecule has 1 aliphatic rings. The number of carbonyl (C=O) groups excluding carboxylic acids is 3. The number of imide groups is 1. The molecule has 190 valence electrons. The zero-order valence-electron chi connectivity index (χ0n) is 19.2. The Bertz CT molecular complexity index is 1490. The van der Waals surface area contributed by atoms with Gasteiger partial charge in [-0.3, -0.25) is 19.3 Å². The van der Waals surface area contributed by atoms with E-state index in [2.05, 4.69) is 5.32 Å². The molecule has 0 bridgehead atoms. The van der Waals surface area contributed by atoms with Gasteiger partial charge < -0.3 is 14.2 Å². The molecule has 37 heavy (non-hydrogen) atoms. The number of hydrogen-bond acceptors (Lipinski definition) is 8. The van der Waals surface area contributed by atoms with E-state index in [1.807, 2.05) is 0 Å². The second-order valence-corrected chi connectivity index (χ2v) is 10.1. The number of halogens is 1. The number of benzene rings is 3. The molecule has 4 rings (SSSR count). The topological polar surface area (TPSA) is 119 Å². The van der Waals surface area contributed by atoms with Crippen molar-refractivity contribution in [2.24, 2.45) is 0 Å². The van der Waals surface area contributed by atoms with E-state index in [0.29, 0.717) is 23.0 Å². The normalized spacial score (nSPS) is 14.6. The number of methoxy groups -OCH3 is 1. The lowest BCUT2D eigenvalue weighted by atomic mass is 10.2. The van der Waals surface area contributed by atoms with E-state index in [1.165, 1.54) is 67.8 Å². The van der Waals surface area contributed by atoms with Crippen molar-refractivity contribution in [3.05, 3.63) is 89.1 Å². The van der Waals surface area contributed by atoms with Gasteiger partial charge in [0.05, 0.1) is 12.0 Å². The first-order valence-corrected chi connectivity index (χ1v) is 12.9. The third-order valence-electron chi connectivity index (χ3n) is 5.02. The minimum atomic E-state index is -4.10. The van der Waals surface area contributed by atoms with Crippen LogP contribution in [0.5, 0.6) is 11.5 Å². The second kappa shape index (κ2) is 10.8. The lowest BCUT2D eigenvalue weighted by Crippen LogP contribution is -2.36. The predicted molar refractivity (Wildman–Crippen MR) is 135 cm³/mol. The summed E-state index contributed by atoms with van der Waals surface area (Å²) in [4.78, 5) is 38.3. The number of anilines is 1. The fourth-order valence-corrected chi connectivity index (χ4v) is 5.06. The quantitative estimate of drug-likeness (QED) is 0.331. The average molecular weight is 543 g/mol.